The van der Waals surface area contributed by atoms with Crippen molar-refractivity contribution in [2.24, 2.45) is 0 Å². The van der Waals surface area contributed by atoms with E-state index in [1.165, 1.54) is 6.07 Å². The van der Waals surface area contributed by atoms with Gasteiger partial charge in [-0.2, -0.15) is 0 Å². The van der Waals surface area contributed by atoms with Crippen LogP contribution in [0.4, 0.5) is 0 Å². The third-order valence-electron chi connectivity index (χ3n) is 3.13. The van der Waals surface area contributed by atoms with Gasteiger partial charge in [0.1, 0.15) is 11.3 Å². The smallest absolute Gasteiger partial charge is 0.336 e. The summed E-state index contributed by atoms with van der Waals surface area (Å²) in [4.78, 5) is 11.4. The summed E-state index contributed by atoms with van der Waals surface area (Å²) in [6, 6.07) is 6.67. The molecule has 0 radical (unpaired) electrons. The molecule has 1 unspecified atom stereocenters. The second kappa shape index (κ2) is 5.28. The first-order valence-electron chi connectivity index (χ1n) is 5.95. The van der Waals surface area contributed by atoms with Crippen molar-refractivity contribution in [3.05, 3.63) is 52.4 Å². The van der Waals surface area contributed by atoms with Gasteiger partial charge < -0.3 is 14.3 Å². The van der Waals surface area contributed by atoms with Gasteiger partial charge in [0, 0.05) is 22.9 Å². The Hall–Kier alpha value is -2.07. The molecular weight excluding hydrogens is 244 g/mol. The molecule has 1 aromatic heterocycles. The van der Waals surface area contributed by atoms with Crippen LogP contribution in [0.1, 0.15) is 18.4 Å². The van der Waals surface area contributed by atoms with Crippen molar-refractivity contribution in [3.8, 4) is 5.75 Å². The topological polar surface area (TPSA) is 59.7 Å². The second-order valence-corrected chi connectivity index (χ2v) is 4.44. The number of hydrogen-bond acceptors (Lipinski definition) is 4. The van der Waals surface area contributed by atoms with Gasteiger partial charge >= 0.3 is 5.63 Å². The van der Waals surface area contributed by atoms with Crippen LogP contribution < -0.4 is 10.4 Å². The molecule has 19 heavy (non-hydrogen) atoms. The van der Waals surface area contributed by atoms with Gasteiger partial charge in [-0.1, -0.05) is 12.2 Å². The summed E-state index contributed by atoms with van der Waals surface area (Å²) < 4.78 is 10.6. The molecule has 4 heteroatoms. The minimum atomic E-state index is -0.430. The zero-order valence-electron chi connectivity index (χ0n) is 11.0. The Morgan fingerprint density at radius 3 is 2.68 bits per heavy atom. The van der Waals surface area contributed by atoms with E-state index < -0.39 is 5.63 Å². The number of ether oxygens (including phenoxy) is 1. The van der Waals surface area contributed by atoms with E-state index in [-0.39, 0.29) is 12.5 Å². The van der Waals surface area contributed by atoms with Crippen LogP contribution in [0.3, 0.4) is 0 Å². The lowest BCUT2D eigenvalue weighted by molar-refractivity contribution is 0.275. The van der Waals surface area contributed by atoms with Crippen LogP contribution in [0.15, 0.2) is 45.6 Å². The maximum absolute atomic E-state index is 11.4. The standard InChI is InChI=1S/C15H16O4/c1-9(2)11(8-16)14-12(18-3)6-4-10-5-7-13(17)19-15(10)14/h4-7,11,16H,1,8H2,2-3H3. The number of benzene rings is 1. The Labute approximate surface area is 110 Å². The highest BCUT2D eigenvalue weighted by Crippen LogP contribution is 2.36. The van der Waals surface area contributed by atoms with Gasteiger partial charge in [-0.15, -0.1) is 0 Å². The Morgan fingerprint density at radius 1 is 1.42 bits per heavy atom. The Bertz CT molecular complexity index is 669. The molecule has 2 aromatic rings. The zero-order chi connectivity index (χ0) is 14.0. The third-order valence-corrected chi connectivity index (χ3v) is 3.13. The lowest BCUT2D eigenvalue weighted by Gasteiger charge is -2.19. The number of aliphatic hydroxyl groups is 1. The fourth-order valence-electron chi connectivity index (χ4n) is 2.14. The first-order chi connectivity index (χ1) is 9.08. The van der Waals surface area contributed by atoms with Gasteiger partial charge in [-0.05, 0) is 25.1 Å². The van der Waals surface area contributed by atoms with Crippen LogP contribution in [0, 0.1) is 0 Å². The van der Waals surface area contributed by atoms with E-state index in [1.807, 2.05) is 13.0 Å². The summed E-state index contributed by atoms with van der Waals surface area (Å²) in [5.41, 5.74) is 1.45. The zero-order valence-corrected chi connectivity index (χ0v) is 11.0. The highest BCUT2D eigenvalue weighted by molar-refractivity contribution is 5.83. The van der Waals surface area contributed by atoms with Crippen molar-refractivity contribution in [2.75, 3.05) is 13.7 Å². The summed E-state index contributed by atoms with van der Waals surface area (Å²) in [5, 5.41) is 10.3. The molecule has 0 aliphatic carbocycles. The average molecular weight is 260 g/mol. The number of fused-ring (bicyclic) bond motifs is 1. The van der Waals surface area contributed by atoms with Gasteiger partial charge in [0.2, 0.25) is 0 Å². The summed E-state index contributed by atoms with van der Waals surface area (Å²) in [7, 11) is 1.54. The first kappa shape index (κ1) is 13.4. The average Bonchev–Trinajstić information content (AvgIpc) is 2.39. The molecule has 1 atom stereocenters. The molecule has 0 saturated heterocycles. The summed E-state index contributed by atoms with van der Waals surface area (Å²) in [6.07, 6.45) is 0. The molecule has 1 aromatic carbocycles. The van der Waals surface area contributed by atoms with Gasteiger partial charge in [-0.3, -0.25) is 0 Å². The van der Waals surface area contributed by atoms with E-state index in [2.05, 4.69) is 6.58 Å². The van der Waals surface area contributed by atoms with Crippen molar-refractivity contribution in [1.82, 2.24) is 0 Å². The molecule has 0 aliphatic rings. The van der Waals surface area contributed by atoms with E-state index in [4.69, 9.17) is 9.15 Å². The number of rotatable bonds is 4. The van der Waals surface area contributed by atoms with Gasteiger partial charge in [0.05, 0.1) is 13.7 Å². The quantitative estimate of drug-likeness (QED) is 0.677. The Balaban J connectivity index is 2.83. The lowest BCUT2D eigenvalue weighted by Crippen LogP contribution is -2.09. The molecule has 1 heterocycles. The molecule has 100 valence electrons. The molecule has 0 spiro atoms. The highest BCUT2D eigenvalue weighted by Gasteiger charge is 2.21. The SMILES string of the molecule is C=C(C)C(CO)c1c(OC)ccc2ccc(=O)oc12. The molecule has 1 N–H and O–H groups in total. The monoisotopic (exact) mass is 260 g/mol. The van der Waals surface area contributed by atoms with Crippen LogP contribution in [0.2, 0.25) is 0 Å². The predicted octanol–water partition coefficient (Wildman–Crippen LogP) is 2.45. The van der Waals surface area contributed by atoms with E-state index in [0.717, 1.165) is 11.0 Å². The van der Waals surface area contributed by atoms with Gasteiger partial charge in [0.15, 0.2) is 0 Å². The number of aliphatic hydroxyl groups excluding tert-OH is 1. The second-order valence-electron chi connectivity index (χ2n) is 4.44. The fourth-order valence-corrected chi connectivity index (χ4v) is 2.14. The summed E-state index contributed by atoms with van der Waals surface area (Å²) in [5.74, 6) is 0.244. The van der Waals surface area contributed by atoms with Crippen molar-refractivity contribution < 1.29 is 14.3 Å². The lowest BCUT2D eigenvalue weighted by atomic mass is 9.91. The molecule has 0 bridgehead atoms. The van der Waals surface area contributed by atoms with Crippen LogP contribution in [-0.4, -0.2) is 18.8 Å². The van der Waals surface area contributed by atoms with Crippen LogP contribution in [0.5, 0.6) is 5.75 Å². The van der Waals surface area contributed by atoms with Crippen molar-refractivity contribution >= 4 is 11.0 Å². The van der Waals surface area contributed by atoms with Crippen LogP contribution in [0.25, 0.3) is 11.0 Å². The van der Waals surface area contributed by atoms with Crippen LogP contribution >= 0.6 is 0 Å². The Morgan fingerprint density at radius 2 is 2.11 bits per heavy atom. The first-order valence-corrected chi connectivity index (χ1v) is 5.95. The molecule has 4 nitrogen and oxygen atoms in total. The van der Waals surface area contributed by atoms with Crippen LogP contribution in [-0.2, 0) is 0 Å². The van der Waals surface area contributed by atoms with Crippen molar-refractivity contribution in [2.45, 2.75) is 12.8 Å². The molecule has 0 fully saturated rings. The van der Waals surface area contributed by atoms with Crippen molar-refractivity contribution in [3.63, 3.8) is 0 Å². The normalized spacial score (nSPS) is 12.4. The van der Waals surface area contributed by atoms with Crippen molar-refractivity contribution in [1.29, 1.82) is 0 Å². The maximum Gasteiger partial charge on any atom is 0.336 e. The van der Waals surface area contributed by atoms with E-state index >= 15 is 0 Å². The maximum atomic E-state index is 11.4. The van der Waals surface area contributed by atoms with Gasteiger partial charge in [0.25, 0.3) is 0 Å². The van der Waals surface area contributed by atoms with Gasteiger partial charge in [-0.25, -0.2) is 4.79 Å². The predicted molar refractivity (Wildman–Crippen MR) is 73.7 cm³/mol. The molecule has 0 aliphatic heterocycles. The molecule has 0 amide bonds. The highest BCUT2D eigenvalue weighted by atomic mass is 16.5. The molecular formula is C15H16O4. The largest absolute Gasteiger partial charge is 0.496 e. The van der Waals surface area contributed by atoms with E-state index in [9.17, 15) is 9.90 Å². The number of methoxy groups -OCH3 is 1. The fraction of sp³-hybridized carbons (Fsp3) is 0.267. The Kier molecular flexibility index (Phi) is 3.71. The number of hydrogen-bond donors (Lipinski definition) is 1. The third kappa shape index (κ3) is 2.39. The van der Waals surface area contributed by atoms with E-state index in [0.29, 0.717) is 16.9 Å². The molecule has 2 rings (SSSR count). The summed E-state index contributed by atoms with van der Waals surface area (Å²) in [6.45, 7) is 5.57. The van der Waals surface area contributed by atoms with E-state index in [1.54, 1.807) is 19.2 Å². The molecule has 0 saturated carbocycles. The summed E-state index contributed by atoms with van der Waals surface area (Å²) >= 11 is 0. The minimum Gasteiger partial charge on any atom is -0.496 e. The minimum absolute atomic E-state index is 0.122.